The first-order valence-corrected chi connectivity index (χ1v) is 15.0. The average Bonchev–Trinajstić information content (AvgIpc) is 3.36. The van der Waals surface area contributed by atoms with Crippen molar-refractivity contribution in [1.29, 1.82) is 0 Å². The number of nitrogens with zero attached hydrogens (tertiary/aromatic N) is 4. The summed E-state index contributed by atoms with van der Waals surface area (Å²) in [6.45, 7) is 2.43. The molecule has 2 aromatic heterocycles. The first-order valence-electron chi connectivity index (χ1n) is 13.8. The number of likely N-dealkylation sites (tertiary alicyclic amines) is 1. The van der Waals surface area contributed by atoms with E-state index in [1.54, 1.807) is 23.1 Å². The number of nitrogens with one attached hydrogen (secondary N) is 2. The summed E-state index contributed by atoms with van der Waals surface area (Å²) in [4.78, 5) is 55.5. The topological polar surface area (TPSA) is 111 Å². The van der Waals surface area contributed by atoms with Crippen LogP contribution in [0.5, 0.6) is 0 Å². The summed E-state index contributed by atoms with van der Waals surface area (Å²) in [7, 11) is 2.11. The zero-order valence-corrected chi connectivity index (χ0v) is 23.8. The summed E-state index contributed by atoms with van der Waals surface area (Å²) in [5, 5.41) is 3.80. The van der Waals surface area contributed by atoms with E-state index < -0.39 is 6.04 Å². The van der Waals surface area contributed by atoms with E-state index in [1.165, 1.54) is 30.3 Å². The molecule has 2 N–H and O–H groups in total. The molecule has 2 amide bonds. The number of amides is 2. The Morgan fingerprint density at radius 3 is 2.64 bits per heavy atom. The number of carbonyl (C=O) groups excluding carboxylic acids is 2. The molecule has 1 unspecified atom stereocenters. The van der Waals surface area contributed by atoms with Gasteiger partial charge >= 0.3 is 0 Å². The van der Waals surface area contributed by atoms with Gasteiger partial charge in [-0.05, 0) is 69.4 Å². The van der Waals surface area contributed by atoms with Crippen molar-refractivity contribution in [3.8, 4) is 0 Å². The number of benzene rings is 1. The Balaban J connectivity index is 1.49. The highest BCUT2D eigenvalue weighted by atomic mass is 35.5. The SMILES string of the molecule is CN1CCC(CN(C(=O)c2ccc3c(=O)[nH]cnc3c2)C(CC2CCCCC2)C(=O)Nc2ncc(Cl)s2)CC1. The van der Waals surface area contributed by atoms with Crippen molar-refractivity contribution in [2.45, 2.75) is 57.4 Å². The smallest absolute Gasteiger partial charge is 0.258 e. The third-order valence-electron chi connectivity index (χ3n) is 8.11. The second kappa shape index (κ2) is 12.6. The molecule has 1 aliphatic carbocycles. The van der Waals surface area contributed by atoms with Crippen LogP contribution in [0, 0.1) is 11.8 Å². The molecular formula is C28H35ClN6O3S. The van der Waals surface area contributed by atoms with Gasteiger partial charge in [-0.3, -0.25) is 14.4 Å². The number of aromatic amines is 1. The molecule has 1 aromatic carbocycles. The second-order valence-electron chi connectivity index (χ2n) is 10.9. The lowest BCUT2D eigenvalue weighted by Gasteiger charge is -2.38. The van der Waals surface area contributed by atoms with Crippen molar-refractivity contribution in [2.24, 2.45) is 11.8 Å². The summed E-state index contributed by atoms with van der Waals surface area (Å²) in [6.07, 6.45) is 11.0. The number of H-pyrrole nitrogens is 1. The summed E-state index contributed by atoms with van der Waals surface area (Å²) >= 11 is 7.28. The maximum Gasteiger partial charge on any atom is 0.258 e. The first kappa shape index (κ1) is 27.7. The molecule has 11 heteroatoms. The fraction of sp³-hybridized carbons (Fsp3) is 0.536. The van der Waals surface area contributed by atoms with Gasteiger partial charge in [0.05, 0.1) is 23.4 Å². The minimum atomic E-state index is -0.647. The van der Waals surface area contributed by atoms with Crippen LogP contribution < -0.4 is 10.9 Å². The van der Waals surface area contributed by atoms with E-state index in [0.29, 0.717) is 50.7 Å². The number of hydrogen-bond acceptors (Lipinski definition) is 7. The Kier molecular flexibility index (Phi) is 8.94. The maximum absolute atomic E-state index is 14.2. The summed E-state index contributed by atoms with van der Waals surface area (Å²) < 4.78 is 0.493. The van der Waals surface area contributed by atoms with Crippen LogP contribution in [-0.2, 0) is 4.79 Å². The Morgan fingerprint density at radius 2 is 1.92 bits per heavy atom. The van der Waals surface area contributed by atoms with Gasteiger partial charge in [-0.2, -0.15) is 0 Å². The maximum atomic E-state index is 14.2. The van der Waals surface area contributed by atoms with Crippen LogP contribution in [0.25, 0.3) is 10.9 Å². The van der Waals surface area contributed by atoms with Crippen LogP contribution >= 0.6 is 22.9 Å². The fourth-order valence-electron chi connectivity index (χ4n) is 5.86. The Hall–Kier alpha value is -2.82. The molecule has 5 rings (SSSR count). The zero-order chi connectivity index (χ0) is 27.4. The summed E-state index contributed by atoms with van der Waals surface area (Å²) in [5.41, 5.74) is 0.626. The Labute approximate surface area is 237 Å². The average molecular weight is 571 g/mol. The largest absolute Gasteiger partial charge is 0.326 e. The molecule has 0 bridgehead atoms. The fourth-order valence-corrected chi connectivity index (χ4v) is 6.67. The second-order valence-corrected chi connectivity index (χ2v) is 12.5. The molecule has 1 saturated heterocycles. The number of aromatic nitrogens is 3. The molecule has 3 heterocycles. The molecule has 1 aliphatic heterocycles. The predicted molar refractivity (Wildman–Crippen MR) is 154 cm³/mol. The number of carbonyl (C=O) groups is 2. The number of hydrogen-bond donors (Lipinski definition) is 2. The van der Waals surface area contributed by atoms with Crippen LogP contribution in [-0.4, -0.2) is 69.3 Å². The monoisotopic (exact) mass is 570 g/mol. The van der Waals surface area contributed by atoms with E-state index >= 15 is 0 Å². The van der Waals surface area contributed by atoms with Crippen LogP contribution in [0.1, 0.15) is 61.7 Å². The van der Waals surface area contributed by atoms with Crippen molar-refractivity contribution in [2.75, 3.05) is 32.0 Å². The standard InChI is InChI=1S/C28H35ClN6O3S/c1-34-11-9-19(10-12-34)16-35(27(38)20-7-8-21-22(14-20)31-17-32-25(21)36)23(13-18-5-3-2-4-6-18)26(37)33-28-30-15-24(29)39-28/h7-8,14-15,17-19,23H,2-6,9-13,16H2,1H3,(H,30,33,37)(H,31,32,36). The minimum absolute atomic E-state index is 0.217. The molecule has 2 aliphatic rings. The van der Waals surface area contributed by atoms with E-state index in [2.05, 4.69) is 32.2 Å². The molecule has 3 aromatic rings. The van der Waals surface area contributed by atoms with E-state index in [0.717, 1.165) is 51.6 Å². The van der Waals surface area contributed by atoms with Gasteiger partial charge in [0, 0.05) is 12.1 Å². The van der Waals surface area contributed by atoms with Crippen LogP contribution in [0.15, 0.2) is 35.5 Å². The number of anilines is 1. The van der Waals surface area contributed by atoms with Gasteiger partial charge in [-0.25, -0.2) is 9.97 Å². The third-order valence-corrected chi connectivity index (χ3v) is 9.14. The van der Waals surface area contributed by atoms with Crippen molar-refractivity contribution in [1.82, 2.24) is 24.8 Å². The molecule has 9 nitrogen and oxygen atoms in total. The number of piperidine rings is 1. The van der Waals surface area contributed by atoms with Crippen molar-refractivity contribution >= 4 is 50.8 Å². The van der Waals surface area contributed by atoms with Gasteiger partial charge in [0.15, 0.2) is 5.13 Å². The molecule has 0 spiro atoms. The van der Waals surface area contributed by atoms with Crippen molar-refractivity contribution < 1.29 is 9.59 Å². The van der Waals surface area contributed by atoms with E-state index in [4.69, 9.17) is 11.6 Å². The highest BCUT2D eigenvalue weighted by Crippen LogP contribution is 2.31. The van der Waals surface area contributed by atoms with Gasteiger partial charge in [-0.1, -0.05) is 55.0 Å². The summed E-state index contributed by atoms with van der Waals surface area (Å²) in [6, 6.07) is 4.31. The van der Waals surface area contributed by atoms with Crippen LogP contribution in [0.4, 0.5) is 5.13 Å². The number of rotatable bonds is 8. The van der Waals surface area contributed by atoms with Gasteiger partial charge in [0.25, 0.3) is 11.5 Å². The first-order chi connectivity index (χ1) is 18.9. The van der Waals surface area contributed by atoms with Crippen LogP contribution in [0.2, 0.25) is 4.34 Å². The molecule has 208 valence electrons. The van der Waals surface area contributed by atoms with Crippen LogP contribution in [0.3, 0.4) is 0 Å². The Bertz CT molecular complexity index is 1360. The molecule has 2 fully saturated rings. The molecular weight excluding hydrogens is 536 g/mol. The molecule has 39 heavy (non-hydrogen) atoms. The lowest BCUT2D eigenvalue weighted by atomic mass is 9.83. The van der Waals surface area contributed by atoms with Crippen molar-refractivity contribution in [3.63, 3.8) is 0 Å². The molecule has 1 saturated carbocycles. The number of fused-ring (bicyclic) bond motifs is 1. The lowest BCUT2D eigenvalue weighted by molar-refractivity contribution is -0.121. The third kappa shape index (κ3) is 6.85. The van der Waals surface area contributed by atoms with Crippen molar-refractivity contribution in [3.05, 3.63) is 51.0 Å². The molecule has 1 atom stereocenters. The highest BCUT2D eigenvalue weighted by molar-refractivity contribution is 7.19. The highest BCUT2D eigenvalue weighted by Gasteiger charge is 2.35. The lowest BCUT2D eigenvalue weighted by Crippen LogP contribution is -2.51. The Morgan fingerprint density at radius 1 is 1.15 bits per heavy atom. The quantitative estimate of drug-likeness (QED) is 0.402. The van der Waals surface area contributed by atoms with Gasteiger partial charge < -0.3 is 20.1 Å². The van der Waals surface area contributed by atoms with E-state index in [9.17, 15) is 14.4 Å². The number of halogens is 1. The zero-order valence-electron chi connectivity index (χ0n) is 22.2. The summed E-state index contributed by atoms with van der Waals surface area (Å²) in [5.74, 6) is 0.218. The van der Waals surface area contributed by atoms with E-state index in [-0.39, 0.29) is 17.4 Å². The van der Waals surface area contributed by atoms with Gasteiger partial charge in [0.2, 0.25) is 5.91 Å². The van der Waals surface area contributed by atoms with Gasteiger partial charge in [0.1, 0.15) is 10.4 Å². The number of thiazole rings is 1. The normalized spacial score (nSPS) is 18.2. The van der Waals surface area contributed by atoms with Gasteiger partial charge in [-0.15, -0.1) is 0 Å². The minimum Gasteiger partial charge on any atom is -0.326 e. The predicted octanol–water partition coefficient (Wildman–Crippen LogP) is 4.79. The molecule has 0 radical (unpaired) electrons. The van der Waals surface area contributed by atoms with E-state index in [1.807, 2.05) is 0 Å².